The van der Waals surface area contributed by atoms with Crippen molar-refractivity contribution in [2.75, 3.05) is 19.6 Å². The minimum absolute atomic E-state index is 0.0955. The molecule has 0 bridgehead atoms. The second-order valence-corrected chi connectivity index (χ2v) is 8.96. The molecule has 0 radical (unpaired) electrons. The minimum Gasteiger partial charge on any atom is -0.445 e. The number of hydrogen-bond donors (Lipinski definition) is 3. The third kappa shape index (κ3) is 7.52. The van der Waals surface area contributed by atoms with Crippen LogP contribution in [0.3, 0.4) is 0 Å². The summed E-state index contributed by atoms with van der Waals surface area (Å²) >= 11 is 0. The number of benzene rings is 3. The van der Waals surface area contributed by atoms with E-state index in [-0.39, 0.29) is 25.0 Å². The van der Waals surface area contributed by atoms with Crippen LogP contribution in [0, 0.1) is 0 Å². The van der Waals surface area contributed by atoms with E-state index in [1.54, 1.807) is 0 Å². The molecular weight excluding hydrogens is 480 g/mol. The molecule has 3 amide bonds. The van der Waals surface area contributed by atoms with Crippen LogP contribution >= 0.6 is 0 Å². The normalized spacial score (nSPS) is 10.7. The summed E-state index contributed by atoms with van der Waals surface area (Å²) in [4.78, 5) is 41.4. The molecule has 4 rings (SSSR count). The number of carbonyl (C=O) groups excluding carboxylic acids is 3. The zero-order valence-corrected chi connectivity index (χ0v) is 21.2. The maximum atomic E-state index is 13.1. The first-order valence-corrected chi connectivity index (χ1v) is 12.9. The van der Waals surface area contributed by atoms with Crippen LogP contribution in [0.5, 0.6) is 0 Å². The molecule has 1 aromatic heterocycles. The number of carbonyl (C=O) groups is 3. The van der Waals surface area contributed by atoms with Gasteiger partial charge in [0.25, 0.3) is 5.91 Å². The number of amides is 3. The van der Waals surface area contributed by atoms with E-state index in [0.29, 0.717) is 18.7 Å². The smallest absolute Gasteiger partial charge is 0.407 e. The number of para-hydroxylation sites is 2. The quantitative estimate of drug-likeness (QED) is 0.188. The zero-order valence-electron chi connectivity index (χ0n) is 21.2. The molecule has 0 aliphatic carbocycles. The van der Waals surface area contributed by atoms with Crippen molar-refractivity contribution in [3.05, 3.63) is 90.0 Å². The highest BCUT2D eigenvalue weighted by atomic mass is 16.5. The van der Waals surface area contributed by atoms with E-state index in [0.717, 1.165) is 53.1 Å². The van der Waals surface area contributed by atoms with Gasteiger partial charge in [-0.05, 0) is 30.5 Å². The maximum Gasteiger partial charge on any atom is 0.407 e. The van der Waals surface area contributed by atoms with Gasteiger partial charge in [0.1, 0.15) is 6.61 Å². The van der Waals surface area contributed by atoms with Crippen molar-refractivity contribution in [1.82, 2.24) is 20.9 Å². The van der Waals surface area contributed by atoms with Gasteiger partial charge in [0.2, 0.25) is 5.91 Å². The van der Waals surface area contributed by atoms with Crippen molar-refractivity contribution in [1.29, 1.82) is 0 Å². The van der Waals surface area contributed by atoms with Crippen molar-refractivity contribution in [3.8, 4) is 0 Å². The summed E-state index contributed by atoms with van der Waals surface area (Å²) in [5.74, 6) is -0.354. The Balaban J connectivity index is 1.10. The molecule has 8 nitrogen and oxygen atoms in total. The highest BCUT2D eigenvalue weighted by molar-refractivity contribution is 6.16. The van der Waals surface area contributed by atoms with Gasteiger partial charge in [0.15, 0.2) is 0 Å². The molecule has 1 heterocycles. The van der Waals surface area contributed by atoms with E-state index >= 15 is 0 Å². The number of pyridine rings is 1. The monoisotopic (exact) mass is 512 g/mol. The summed E-state index contributed by atoms with van der Waals surface area (Å²) in [6.45, 7) is 1.13. The van der Waals surface area contributed by atoms with Crippen molar-refractivity contribution < 1.29 is 19.1 Å². The summed E-state index contributed by atoms with van der Waals surface area (Å²) in [5, 5.41) is 9.99. The Morgan fingerprint density at radius 2 is 1.24 bits per heavy atom. The Bertz CT molecular complexity index is 1340. The van der Waals surface area contributed by atoms with Crippen LogP contribution in [0.1, 0.15) is 41.6 Å². The second kappa shape index (κ2) is 13.7. The highest BCUT2D eigenvalue weighted by Gasteiger charge is 2.15. The fourth-order valence-corrected chi connectivity index (χ4v) is 4.20. The zero-order chi connectivity index (χ0) is 26.6. The van der Waals surface area contributed by atoms with Crippen LogP contribution < -0.4 is 16.0 Å². The highest BCUT2D eigenvalue weighted by Crippen LogP contribution is 2.25. The number of nitrogens with one attached hydrogen (secondary N) is 3. The van der Waals surface area contributed by atoms with Gasteiger partial charge in [-0.2, -0.15) is 0 Å². The van der Waals surface area contributed by atoms with Gasteiger partial charge in [-0.1, -0.05) is 79.6 Å². The molecule has 0 fully saturated rings. The molecule has 0 saturated heterocycles. The van der Waals surface area contributed by atoms with E-state index in [1.807, 2.05) is 78.9 Å². The fraction of sp³-hybridized carbons (Fsp3) is 0.267. The van der Waals surface area contributed by atoms with Gasteiger partial charge in [-0.25, -0.2) is 9.78 Å². The van der Waals surface area contributed by atoms with E-state index in [4.69, 9.17) is 4.74 Å². The third-order valence-corrected chi connectivity index (χ3v) is 6.13. The first kappa shape index (κ1) is 26.6. The largest absolute Gasteiger partial charge is 0.445 e. The van der Waals surface area contributed by atoms with Gasteiger partial charge in [0, 0.05) is 23.9 Å². The van der Waals surface area contributed by atoms with Crippen LogP contribution in [-0.2, 0) is 16.1 Å². The SMILES string of the molecule is O=C(CNC(=O)OCc1ccccc1)NCCCCCCNC(=O)c1c2ccccc2nc2ccccc12. The van der Waals surface area contributed by atoms with E-state index in [2.05, 4.69) is 20.9 Å². The lowest BCUT2D eigenvalue weighted by Gasteiger charge is -2.11. The van der Waals surface area contributed by atoms with E-state index in [9.17, 15) is 14.4 Å². The lowest BCUT2D eigenvalue weighted by Crippen LogP contribution is -2.37. The van der Waals surface area contributed by atoms with Crippen LogP contribution in [0.25, 0.3) is 21.8 Å². The molecule has 8 heteroatoms. The van der Waals surface area contributed by atoms with Crippen molar-refractivity contribution in [2.45, 2.75) is 32.3 Å². The van der Waals surface area contributed by atoms with Crippen LogP contribution in [0.4, 0.5) is 4.79 Å². The molecule has 38 heavy (non-hydrogen) atoms. The molecule has 196 valence electrons. The number of ether oxygens (including phenoxy) is 1. The number of rotatable bonds is 12. The number of aromatic nitrogens is 1. The minimum atomic E-state index is -0.626. The molecule has 0 aliphatic heterocycles. The predicted molar refractivity (Wildman–Crippen MR) is 148 cm³/mol. The van der Waals surface area contributed by atoms with Gasteiger partial charge in [-0.15, -0.1) is 0 Å². The van der Waals surface area contributed by atoms with Gasteiger partial charge in [-0.3, -0.25) is 9.59 Å². The standard InChI is InChI=1S/C30H32N4O4/c35-27(20-33-30(37)38-21-22-12-4-3-5-13-22)31-18-10-1-2-11-19-32-29(36)28-23-14-6-8-16-25(23)34-26-17-9-7-15-24(26)28/h3-9,12-17H,1-2,10-11,18-21H2,(H,31,35)(H,32,36)(H,33,37). The molecule has 0 spiro atoms. The van der Waals surface area contributed by atoms with Crippen molar-refractivity contribution >= 4 is 39.7 Å². The summed E-state index contributed by atoms with van der Waals surface area (Å²) in [6, 6.07) is 24.7. The maximum absolute atomic E-state index is 13.1. The molecular formula is C30H32N4O4. The van der Waals surface area contributed by atoms with Gasteiger partial charge < -0.3 is 20.7 Å². The average Bonchev–Trinajstić information content (AvgIpc) is 2.95. The second-order valence-electron chi connectivity index (χ2n) is 8.96. The van der Waals surface area contributed by atoms with E-state index in [1.165, 1.54) is 0 Å². The van der Waals surface area contributed by atoms with Crippen molar-refractivity contribution in [3.63, 3.8) is 0 Å². The number of nitrogens with zero attached hydrogens (tertiary/aromatic N) is 1. The summed E-state index contributed by atoms with van der Waals surface area (Å²) in [7, 11) is 0. The van der Waals surface area contributed by atoms with E-state index < -0.39 is 6.09 Å². The van der Waals surface area contributed by atoms with Gasteiger partial charge in [0.05, 0.1) is 23.1 Å². The predicted octanol–water partition coefficient (Wildman–Crippen LogP) is 4.72. The fourth-order valence-electron chi connectivity index (χ4n) is 4.20. The molecule has 0 atom stereocenters. The molecule has 0 unspecified atom stereocenters. The number of hydrogen-bond acceptors (Lipinski definition) is 5. The van der Waals surface area contributed by atoms with Crippen molar-refractivity contribution in [2.24, 2.45) is 0 Å². The van der Waals surface area contributed by atoms with Gasteiger partial charge >= 0.3 is 6.09 Å². The Morgan fingerprint density at radius 1 is 0.658 bits per heavy atom. The van der Waals surface area contributed by atoms with Crippen LogP contribution in [0.2, 0.25) is 0 Å². The molecule has 3 N–H and O–H groups in total. The lowest BCUT2D eigenvalue weighted by atomic mass is 10.0. The first-order valence-electron chi connectivity index (χ1n) is 12.9. The van der Waals surface area contributed by atoms with Crippen LogP contribution in [-0.4, -0.2) is 42.5 Å². The molecule has 3 aromatic carbocycles. The molecule has 4 aromatic rings. The Hall–Kier alpha value is -4.46. The molecule has 0 aliphatic rings. The molecule has 0 saturated carbocycles. The third-order valence-electron chi connectivity index (χ3n) is 6.13. The topological polar surface area (TPSA) is 109 Å². The average molecular weight is 513 g/mol. The summed E-state index contributed by atoms with van der Waals surface area (Å²) in [6.07, 6.45) is 2.88. The Kier molecular flexibility index (Phi) is 9.62. The lowest BCUT2D eigenvalue weighted by molar-refractivity contribution is -0.120. The number of unbranched alkanes of at least 4 members (excludes halogenated alkanes) is 3. The Labute approximate surface area is 221 Å². The number of alkyl carbamates (subject to hydrolysis) is 1. The first-order chi connectivity index (χ1) is 18.6. The number of fused-ring (bicyclic) bond motifs is 2. The summed E-state index contributed by atoms with van der Waals surface area (Å²) in [5.41, 5.74) is 3.15. The summed E-state index contributed by atoms with van der Waals surface area (Å²) < 4.78 is 5.08. The Morgan fingerprint density at radius 3 is 1.89 bits per heavy atom. The van der Waals surface area contributed by atoms with Crippen LogP contribution in [0.15, 0.2) is 78.9 Å².